The van der Waals surface area contributed by atoms with Gasteiger partial charge < -0.3 is 5.32 Å². The quantitative estimate of drug-likeness (QED) is 0.514. The molecule has 10 heteroatoms. The number of carbonyl (C=O) groups is 1. The van der Waals surface area contributed by atoms with Crippen molar-refractivity contribution in [1.29, 1.82) is 0 Å². The maximum atomic E-state index is 13.8. The minimum atomic E-state index is -1.64. The molecule has 0 saturated heterocycles. The molecule has 0 aliphatic heterocycles. The molecule has 28 heavy (non-hydrogen) atoms. The molecule has 146 valence electrons. The van der Waals surface area contributed by atoms with Crippen LogP contribution in [0, 0.1) is 31.3 Å². The normalized spacial score (nSPS) is 12.1. The Hall–Kier alpha value is -2.88. The van der Waals surface area contributed by atoms with E-state index >= 15 is 0 Å². The first-order valence-corrected chi connectivity index (χ1v) is 9.13. The number of tetrazole rings is 1. The Kier molecular flexibility index (Phi) is 5.68. The Morgan fingerprint density at radius 2 is 1.89 bits per heavy atom. The van der Waals surface area contributed by atoms with Crippen molar-refractivity contribution in [3.8, 4) is 5.69 Å². The molecule has 0 aliphatic carbocycles. The van der Waals surface area contributed by atoms with Crippen molar-refractivity contribution in [2.45, 2.75) is 31.2 Å². The molecule has 1 heterocycles. The van der Waals surface area contributed by atoms with Gasteiger partial charge in [-0.05, 0) is 55.0 Å². The minimum absolute atomic E-state index is 0.361. The summed E-state index contributed by atoms with van der Waals surface area (Å²) in [7, 11) is 0. The zero-order valence-electron chi connectivity index (χ0n) is 15.2. The maximum Gasteiger partial charge on any atom is 0.237 e. The van der Waals surface area contributed by atoms with Gasteiger partial charge in [-0.3, -0.25) is 4.79 Å². The lowest BCUT2D eigenvalue weighted by atomic mass is 10.1. The predicted molar refractivity (Wildman–Crippen MR) is 98.9 cm³/mol. The number of carbonyl (C=O) groups excluding carboxylic acids is 1. The van der Waals surface area contributed by atoms with Gasteiger partial charge in [-0.2, -0.15) is 4.68 Å². The number of aryl methyl sites for hydroxylation is 2. The second-order valence-electron chi connectivity index (χ2n) is 6.14. The lowest BCUT2D eigenvalue weighted by Gasteiger charge is -2.13. The van der Waals surface area contributed by atoms with Gasteiger partial charge in [-0.15, -0.1) is 5.10 Å². The summed E-state index contributed by atoms with van der Waals surface area (Å²) in [6.07, 6.45) is 0. The van der Waals surface area contributed by atoms with Crippen molar-refractivity contribution >= 4 is 23.4 Å². The molecule has 0 radical (unpaired) electrons. The third-order valence-electron chi connectivity index (χ3n) is 3.97. The standard InChI is InChI=1S/C18H16F3N5OS/c1-9-4-7-14(10(2)8-9)26-18(23-24-25-26)28-11(3)17(27)22-13-6-5-12(19)15(20)16(13)21/h4-8,11H,1-3H3,(H,22,27)/t11-/m0/s1. The zero-order chi connectivity index (χ0) is 20.4. The first kappa shape index (κ1) is 19.9. The number of hydrogen-bond donors (Lipinski definition) is 1. The predicted octanol–water partition coefficient (Wildman–Crippen LogP) is 3.82. The molecular weight excluding hydrogens is 391 g/mol. The number of hydrogen-bond acceptors (Lipinski definition) is 5. The molecule has 0 saturated carbocycles. The number of thioether (sulfide) groups is 1. The highest BCUT2D eigenvalue weighted by atomic mass is 32.2. The number of rotatable bonds is 5. The van der Waals surface area contributed by atoms with E-state index in [4.69, 9.17) is 0 Å². The molecule has 3 aromatic rings. The summed E-state index contributed by atoms with van der Waals surface area (Å²) < 4.78 is 41.6. The molecule has 0 fully saturated rings. The van der Waals surface area contributed by atoms with Gasteiger partial charge in [0.15, 0.2) is 17.5 Å². The van der Waals surface area contributed by atoms with Gasteiger partial charge in [-0.1, -0.05) is 29.5 Å². The number of halogens is 3. The summed E-state index contributed by atoms with van der Waals surface area (Å²) in [5, 5.41) is 13.4. The highest BCUT2D eigenvalue weighted by Gasteiger charge is 2.22. The second-order valence-corrected chi connectivity index (χ2v) is 7.44. The van der Waals surface area contributed by atoms with Crippen LogP contribution in [0.1, 0.15) is 18.1 Å². The topological polar surface area (TPSA) is 72.7 Å². The van der Waals surface area contributed by atoms with Crippen LogP contribution in [0.5, 0.6) is 0 Å². The number of amides is 1. The fourth-order valence-corrected chi connectivity index (χ4v) is 3.32. The van der Waals surface area contributed by atoms with E-state index in [-0.39, 0.29) is 0 Å². The number of anilines is 1. The number of nitrogens with one attached hydrogen (secondary N) is 1. The van der Waals surface area contributed by atoms with Crippen molar-refractivity contribution in [3.63, 3.8) is 0 Å². The first-order valence-electron chi connectivity index (χ1n) is 8.25. The van der Waals surface area contributed by atoms with Crippen molar-refractivity contribution in [2.75, 3.05) is 5.32 Å². The highest BCUT2D eigenvalue weighted by Crippen LogP contribution is 2.26. The monoisotopic (exact) mass is 407 g/mol. The summed E-state index contributed by atoms with van der Waals surface area (Å²) in [5.41, 5.74) is 2.36. The first-order chi connectivity index (χ1) is 13.3. The summed E-state index contributed by atoms with van der Waals surface area (Å²) in [6.45, 7) is 5.45. The molecule has 6 nitrogen and oxygen atoms in total. The molecule has 1 N–H and O–H groups in total. The van der Waals surface area contributed by atoms with Crippen LogP contribution in [-0.2, 0) is 4.79 Å². The van der Waals surface area contributed by atoms with Crippen LogP contribution in [0.4, 0.5) is 18.9 Å². The van der Waals surface area contributed by atoms with E-state index in [1.54, 1.807) is 6.92 Å². The van der Waals surface area contributed by atoms with Crippen molar-refractivity contribution in [2.24, 2.45) is 0 Å². The van der Waals surface area contributed by atoms with E-state index in [1.807, 2.05) is 32.0 Å². The van der Waals surface area contributed by atoms with Gasteiger partial charge in [0.05, 0.1) is 16.6 Å². The van der Waals surface area contributed by atoms with Crippen molar-refractivity contribution in [1.82, 2.24) is 20.2 Å². The molecule has 1 atom stereocenters. The number of nitrogens with zero attached hydrogens (tertiary/aromatic N) is 4. The summed E-state index contributed by atoms with van der Waals surface area (Å²) in [5.74, 6) is -5.03. The van der Waals surface area contributed by atoms with Crippen LogP contribution >= 0.6 is 11.8 Å². The Bertz CT molecular complexity index is 1040. The fourth-order valence-electron chi connectivity index (χ4n) is 2.52. The van der Waals surface area contributed by atoms with Crippen LogP contribution in [0.3, 0.4) is 0 Å². The molecule has 2 aromatic carbocycles. The second kappa shape index (κ2) is 8.01. The fraction of sp³-hybridized carbons (Fsp3) is 0.222. The maximum absolute atomic E-state index is 13.8. The van der Waals surface area contributed by atoms with Gasteiger partial charge in [-0.25, -0.2) is 13.2 Å². The van der Waals surface area contributed by atoms with Crippen LogP contribution in [-0.4, -0.2) is 31.4 Å². The van der Waals surface area contributed by atoms with E-state index in [9.17, 15) is 18.0 Å². The van der Waals surface area contributed by atoms with Gasteiger partial charge in [0.2, 0.25) is 11.1 Å². The largest absolute Gasteiger partial charge is 0.323 e. The van der Waals surface area contributed by atoms with E-state index < -0.39 is 34.3 Å². The average Bonchev–Trinajstić information content (AvgIpc) is 3.10. The Labute approximate surface area is 163 Å². The molecule has 0 unspecified atom stereocenters. The van der Waals surface area contributed by atoms with E-state index in [1.165, 1.54) is 4.68 Å². The number of benzene rings is 2. The third-order valence-corrected chi connectivity index (χ3v) is 5.00. The molecule has 0 aliphatic rings. The van der Waals surface area contributed by atoms with Crippen LogP contribution in [0.2, 0.25) is 0 Å². The summed E-state index contributed by atoms with van der Waals surface area (Å²) in [6, 6.07) is 7.47. The van der Waals surface area contributed by atoms with Gasteiger partial charge >= 0.3 is 0 Å². The molecule has 0 bridgehead atoms. The minimum Gasteiger partial charge on any atom is -0.323 e. The molecule has 0 spiro atoms. The highest BCUT2D eigenvalue weighted by molar-refractivity contribution is 8.00. The summed E-state index contributed by atoms with van der Waals surface area (Å²) in [4.78, 5) is 12.4. The van der Waals surface area contributed by atoms with E-state index in [0.717, 1.165) is 40.7 Å². The molecule has 1 amide bonds. The summed E-state index contributed by atoms with van der Waals surface area (Å²) >= 11 is 1.05. The Morgan fingerprint density at radius 1 is 1.14 bits per heavy atom. The van der Waals surface area contributed by atoms with E-state index in [0.29, 0.717) is 5.16 Å². The Morgan fingerprint density at radius 3 is 2.61 bits per heavy atom. The van der Waals surface area contributed by atoms with Crippen molar-refractivity contribution in [3.05, 3.63) is 58.9 Å². The third kappa shape index (κ3) is 4.01. The molecule has 3 rings (SSSR count). The van der Waals surface area contributed by atoms with Crippen LogP contribution in [0.15, 0.2) is 35.5 Å². The van der Waals surface area contributed by atoms with Crippen LogP contribution < -0.4 is 5.32 Å². The lowest BCUT2D eigenvalue weighted by molar-refractivity contribution is -0.115. The zero-order valence-corrected chi connectivity index (χ0v) is 16.0. The Balaban J connectivity index is 1.77. The number of aromatic nitrogens is 4. The SMILES string of the molecule is Cc1ccc(-n2nnnc2S[C@@H](C)C(=O)Nc2ccc(F)c(F)c2F)c(C)c1. The van der Waals surface area contributed by atoms with Gasteiger partial charge in [0, 0.05) is 0 Å². The molecule has 1 aromatic heterocycles. The molecular formula is C18H16F3N5OS. The smallest absolute Gasteiger partial charge is 0.237 e. The average molecular weight is 407 g/mol. The van der Waals surface area contributed by atoms with Gasteiger partial charge in [0.25, 0.3) is 0 Å². The van der Waals surface area contributed by atoms with Crippen molar-refractivity contribution < 1.29 is 18.0 Å². The lowest BCUT2D eigenvalue weighted by Crippen LogP contribution is -2.24. The van der Waals surface area contributed by atoms with E-state index in [2.05, 4.69) is 20.8 Å². The van der Waals surface area contributed by atoms with Crippen LogP contribution in [0.25, 0.3) is 5.69 Å². The van der Waals surface area contributed by atoms with Gasteiger partial charge in [0.1, 0.15) is 0 Å².